The number of hydrogen-bond acceptors (Lipinski definition) is 2. The first kappa shape index (κ1) is 9.66. The fourth-order valence-corrected chi connectivity index (χ4v) is 0.564. The molecule has 2 nitrogen and oxygen atoms in total. The maximum Gasteiger partial charge on any atom is 0.0626 e. The van der Waals surface area contributed by atoms with E-state index in [-0.39, 0.29) is 6.61 Å². The molecule has 2 N–H and O–H groups in total. The SMILES string of the molecule is CC(C)(O)C/C=C/CCO. The summed E-state index contributed by atoms with van der Waals surface area (Å²) in [6, 6.07) is 0. The van der Waals surface area contributed by atoms with Crippen molar-refractivity contribution in [3.63, 3.8) is 0 Å². The van der Waals surface area contributed by atoms with Gasteiger partial charge in [0.05, 0.1) is 5.60 Å². The van der Waals surface area contributed by atoms with Crippen LogP contribution in [0.3, 0.4) is 0 Å². The summed E-state index contributed by atoms with van der Waals surface area (Å²) in [6.45, 7) is 3.70. The Morgan fingerprint density at radius 1 is 1.30 bits per heavy atom. The molecule has 0 amide bonds. The predicted octanol–water partition coefficient (Wildman–Crippen LogP) is 1.09. The first-order chi connectivity index (χ1) is 4.56. The van der Waals surface area contributed by atoms with Crippen molar-refractivity contribution in [1.82, 2.24) is 0 Å². The zero-order valence-corrected chi connectivity index (χ0v) is 6.67. The van der Waals surface area contributed by atoms with Crippen molar-refractivity contribution in [1.29, 1.82) is 0 Å². The number of hydrogen-bond donors (Lipinski definition) is 2. The Balaban J connectivity index is 3.34. The Hall–Kier alpha value is -0.340. The van der Waals surface area contributed by atoms with E-state index in [2.05, 4.69) is 0 Å². The van der Waals surface area contributed by atoms with Crippen LogP contribution in [0.2, 0.25) is 0 Å². The Bertz CT molecular complexity index is 100. The standard InChI is InChI=1S/C8H16O2/c1-8(2,10)6-4-3-5-7-9/h3-4,9-10H,5-7H2,1-2H3/b4-3+. The molecule has 0 aromatic rings. The van der Waals surface area contributed by atoms with Gasteiger partial charge in [-0.25, -0.2) is 0 Å². The van der Waals surface area contributed by atoms with Crippen molar-refractivity contribution in [2.24, 2.45) is 0 Å². The quantitative estimate of drug-likeness (QED) is 0.580. The van der Waals surface area contributed by atoms with E-state index in [4.69, 9.17) is 5.11 Å². The van der Waals surface area contributed by atoms with E-state index < -0.39 is 5.60 Å². The van der Waals surface area contributed by atoms with Crippen LogP contribution >= 0.6 is 0 Å². The molecule has 0 heterocycles. The maximum atomic E-state index is 9.20. The fraction of sp³-hybridized carbons (Fsp3) is 0.750. The zero-order chi connectivity index (χ0) is 8.04. The van der Waals surface area contributed by atoms with Crippen LogP contribution < -0.4 is 0 Å². The van der Waals surface area contributed by atoms with Crippen molar-refractivity contribution in [3.05, 3.63) is 12.2 Å². The summed E-state index contributed by atoms with van der Waals surface area (Å²) in [5.41, 5.74) is -0.619. The summed E-state index contributed by atoms with van der Waals surface area (Å²) in [7, 11) is 0. The summed E-state index contributed by atoms with van der Waals surface area (Å²) in [5, 5.41) is 17.6. The van der Waals surface area contributed by atoms with Gasteiger partial charge in [-0.05, 0) is 26.7 Å². The van der Waals surface area contributed by atoms with Crippen molar-refractivity contribution in [2.45, 2.75) is 32.3 Å². The maximum absolute atomic E-state index is 9.20. The Labute approximate surface area is 62.2 Å². The van der Waals surface area contributed by atoms with Crippen LogP contribution in [-0.2, 0) is 0 Å². The summed E-state index contributed by atoms with van der Waals surface area (Å²) < 4.78 is 0. The zero-order valence-electron chi connectivity index (χ0n) is 6.67. The second-order valence-corrected chi connectivity index (χ2v) is 3.00. The van der Waals surface area contributed by atoms with Gasteiger partial charge in [0.15, 0.2) is 0 Å². The molecule has 0 aliphatic heterocycles. The molecule has 0 atom stereocenters. The average Bonchev–Trinajstić information content (AvgIpc) is 1.78. The molecule has 0 fully saturated rings. The van der Waals surface area contributed by atoms with Gasteiger partial charge in [0, 0.05) is 6.61 Å². The minimum Gasteiger partial charge on any atom is -0.396 e. The third-order valence-electron chi connectivity index (χ3n) is 1.08. The van der Waals surface area contributed by atoms with Crippen LogP contribution in [0.25, 0.3) is 0 Å². The van der Waals surface area contributed by atoms with Crippen molar-refractivity contribution in [2.75, 3.05) is 6.61 Å². The molecule has 0 rings (SSSR count). The highest BCUT2D eigenvalue weighted by Gasteiger charge is 2.08. The van der Waals surface area contributed by atoms with E-state index in [9.17, 15) is 5.11 Å². The van der Waals surface area contributed by atoms with Gasteiger partial charge in [-0.2, -0.15) is 0 Å². The van der Waals surface area contributed by atoms with Gasteiger partial charge in [0.2, 0.25) is 0 Å². The molecule has 10 heavy (non-hydrogen) atoms. The highest BCUT2D eigenvalue weighted by molar-refractivity contribution is 4.86. The Morgan fingerprint density at radius 2 is 1.90 bits per heavy atom. The van der Waals surface area contributed by atoms with E-state index in [0.29, 0.717) is 12.8 Å². The molecule has 60 valence electrons. The molecule has 0 radical (unpaired) electrons. The summed E-state index contributed by atoms with van der Waals surface area (Å²) in [4.78, 5) is 0. The third-order valence-corrected chi connectivity index (χ3v) is 1.08. The molecule has 0 aliphatic rings. The van der Waals surface area contributed by atoms with E-state index in [0.717, 1.165) is 0 Å². The van der Waals surface area contributed by atoms with Gasteiger partial charge in [0.25, 0.3) is 0 Å². The molecule has 0 bridgehead atoms. The van der Waals surface area contributed by atoms with E-state index in [1.165, 1.54) is 0 Å². The van der Waals surface area contributed by atoms with Crippen LogP contribution in [-0.4, -0.2) is 22.4 Å². The monoisotopic (exact) mass is 144 g/mol. The molecule has 0 unspecified atom stereocenters. The molecule has 0 saturated heterocycles. The van der Waals surface area contributed by atoms with Gasteiger partial charge >= 0.3 is 0 Å². The largest absolute Gasteiger partial charge is 0.396 e. The lowest BCUT2D eigenvalue weighted by atomic mass is 10.1. The highest BCUT2D eigenvalue weighted by Crippen LogP contribution is 2.07. The van der Waals surface area contributed by atoms with E-state index in [1.54, 1.807) is 13.8 Å². The first-order valence-electron chi connectivity index (χ1n) is 3.54. The van der Waals surface area contributed by atoms with Gasteiger partial charge in [-0.3, -0.25) is 0 Å². The summed E-state index contributed by atoms with van der Waals surface area (Å²) >= 11 is 0. The van der Waals surface area contributed by atoms with Crippen LogP contribution in [0, 0.1) is 0 Å². The number of aliphatic hydroxyl groups is 2. The third kappa shape index (κ3) is 7.66. The molecule has 0 aromatic carbocycles. The lowest BCUT2D eigenvalue weighted by Crippen LogP contribution is -2.16. The smallest absolute Gasteiger partial charge is 0.0626 e. The van der Waals surface area contributed by atoms with E-state index >= 15 is 0 Å². The van der Waals surface area contributed by atoms with E-state index in [1.807, 2.05) is 12.2 Å². The van der Waals surface area contributed by atoms with Gasteiger partial charge < -0.3 is 10.2 Å². The second kappa shape index (κ2) is 4.47. The molecule has 0 aliphatic carbocycles. The molecule has 0 saturated carbocycles. The van der Waals surface area contributed by atoms with Crippen molar-refractivity contribution < 1.29 is 10.2 Å². The average molecular weight is 144 g/mol. The molecular weight excluding hydrogens is 128 g/mol. The Morgan fingerprint density at radius 3 is 2.30 bits per heavy atom. The highest BCUT2D eigenvalue weighted by atomic mass is 16.3. The summed E-state index contributed by atoms with van der Waals surface area (Å²) in [5.74, 6) is 0. The van der Waals surface area contributed by atoms with Crippen molar-refractivity contribution in [3.8, 4) is 0 Å². The number of rotatable bonds is 4. The lowest BCUT2D eigenvalue weighted by molar-refractivity contribution is 0.0838. The lowest BCUT2D eigenvalue weighted by Gasteiger charge is -2.13. The molecular formula is C8H16O2. The predicted molar refractivity (Wildman–Crippen MR) is 41.8 cm³/mol. The van der Waals surface area contributed by atoms with Gasteiger partial charge in [0.1, 0.15) is 0 Å². The van der Waals surface area contributed by atoms with Crippen LogP contribution in [0.1, 0.15) is 26.7 Å². The minimum atomic E-state index is -0.619. The van der Waals surface area contributed by atoms with Crippen LogP contribution in [0.4, 0.5) is 0 Å². The minimum absolute atomic E-state index is 0.183. The molecule has 0 spiro atoms. The van der Waals surface area contributed by atoms with Crippen molar-refractivity contribution >= 4 is 0 Å². The van der Waals surface area contributed by atoms with Crippen LogP contribution in [0.15, 0.2) is 12.2 Å². The second-order valence-electron chi connectivity index (χ2n) is 3.00. The normalized spacial score (nSPS) is 12.8. The topological polar surface area (TPSA) is 40.5 Å². The molecule has 0 aromatic heterocycles. The Kier molecular flexibility index (Phi) is 4.32. The van der Waals surface area contributed by atoms with Gasteiger partial charge in [-0.15, -0.1) is 0 Å². The fourth-order valence-electron chi connectivity index (χ4n) is 0.564. The number of aliphatic hydroxyl groups excluding tert-OH is 1. The molecule has 2 heteroatoms. The summed E-state index contributed by atoms with van der Waals surface area (Å²) in [6.07, 6.45) is 5.08. The van der Waals surface area contributed by atoms with Gasteiger partial charge in [-0.1, -0.05) is 12.2 Å². The van der Waals surface area contributed by atoms with Crippen LogP contribution in [0.5, 0.6) is 0 Å². The first-order valence-corrected chi connectivity index (χ1v) is 3.54.